The first kappa shape index (κ1) is 28.5. The number of fused-ring (bicyclic) bond motifs is 1. The molecule has 1 aliphatic rings. The summed E-state index contributed by atoms with van der Waals surface area (Å²) in [4.78, 5) is 32.0. The van der Waals surface area contributed by atoms with Crippen LogP contribution in [0.5, 0.6) is 11.5 Å². The quantitative estimate of drug-likeness (QED) is 0.246. The molecule has 5 rings (SSSR count). The van der Waals surface area contributed by atoms with Crippen molar-refractivity contribution in [1.82, 2.24) is 4.57 Å². The SMILES string of the molecule is CCOC(=O)C1=C(C)N=c2s/c(=C/c3ccc(OCc4ccccc4F)cc3)c(=O)n2[C@@H]1c1ccc(OC)c(Br)c1. The summed E-state index contributed by atoms with van der Waals surface area (Å²) in [5, 5.41) is 0. The summed E-state index contributed by atoms with van der Waals surface area (Å²) in [7, 11) is 1.57. The number of hydrogen-bond acceptors (Lipinski definition) is 7. The minimum Gasteiger partial charge on any atom is -0.496 e. The Kier molecular flexibility index (Phi) is 8.51. The molecule has 4 aromatic rings. The maximum absolute atomic E-state index is 13.9. The number of hydrogen-bond donors (Lipinski definition) is 0. The fraction of sp³-hybridized carbons (Fsp3) is 0.194. The highest BCUT2D eigenvalue weighted by Gasteiger charge is 2.33. The summed E-state index contributed by atoms with van der Waals surface area (Å²) < 4.78 is 33.0. The first-order valence-corrected chi connectivity index (χ1v) is 14.4. The van der Waals surface area contributed by atoms with Crippen molar-refractivity contribution in [3.8, 4) is 11.5 Å². The third kappa shape index (κ3) is 5.89. The summed E-state index contributed by atoms with van der Waals surface area (Å²) in [5.41, 5.74) is 2.47. The predicted molar refractivity (Wildman–Crippen MR) is 158 cm³/mol. The second kappa shape index (κ2) is 12.2. The largest absolute Gasteiger partial charge is 0.496 e. The van der Waals surface area contributed by atoms with E-state index in [2.05, 4.69) is 20.9 Å². The van der Waals surface area contributed by atoms with Gasteiger partial charge in [-0.15, -0.1) is 0 Å². The molecule has 0 saturated carbocycles. The fourth-order valence-corrected chi connectivity index (χ4v) is 6.15. The van der Waals surface area contributed by atoms with Gasteiger partial charge in [0.2, 0.25) is 0 Å². The second-order valence-electron chi connectivity index (χ2n) is 9.15. The molecular formula is C31H26BrFN2O5S. The molecule has 7 nitrogen and oxygen atoms in total. The number of methoxy groups -OCH3 is 1. The Bertz CT molecular complexity index is 1830. The molecule has 41 heavy (non-hydrogen) atoms. The number of benzene rings is 3. The molecule has 1 aromatic heterocycles. The number of halogens is 2. The molecule has 1 atom stereocenters. The van der Waals surface area contributed by atoms with Gasteiger partial charge in [0, 0.05) is 5.56 Å². The van der Waals surface area contributed by atoms with E-state index in [-0.39, 0.29) is 24.6 Å². The lowest BCUT2D eigenvalue weighted by Gasteiger charge is -2.25. The lowest BCUT2D eigenvalue weighted by molar-refractivity contribution is -0.139. The fourth-order valence-electron chi connectivity index (χ4n) is 4.55. The molecule has 210 valence electrons. The van der Waals surface area contributed by atoms with Crippen molar-refractivity contribution in [3.05, 3.63) is 125 Å². The Hall–Kier alpha value is -4.02. The monoisotopic (exact) mass is 636 g/mol. The van der Waals surface area contributed by atoms with Gasteiger partial charge >= 0.3 is 5.97 Å². The third-order valence-corrected chi connectivity index (χ3v) is 8.14. The zero-order valence-electron chi connectivity index (χ0n) is 22.5. The number of carbonyl (C=O) groups excluding carboxylic acids is 1. The molecule has 0 unspecified atom stereocenters. The second-order valence-corrected chi connectivity index (χ2v) is 11.0. The number of carbonyl (C=O) groups is 1. The zero-order chi connectivity index (χ0) is 29.1. The first-order chi connectivity index (χ1) is 19.8. The molecule has 0 aliphatic carbocycles. The van der Waals surface area contributed by atoms with Crippen LogP contribution in [0.3, 0.4) is 0 Å². The van der Waals surface area contributed by atoms with Crippen molar-refractivity contribution in [1.29, 1.82) is 0 Å². The van der Waals surface area contributed by atoms with E-state index >= 15 is 0 Å². The minimum absolute atomic E-state index is 0.105. The van der Waals surface area contributed by atoms with Crippen LogP contribution in [-0.2, 0) is 16.1 Å². The Morgan fingerprint density at radius 3 is 2.59 bits per heavy atom. The highest BCUT2D eigenvalue weighted by Crippen LogP contribution is 2.35. The van der Waals surface area contributed by atoms with Crippen molar-refractivity contribution in [2.24, 2.45) is 4.99 Å². The number of nitrogens with zero attached hydrogens (tertiary/aromatic N) is 2. The van der Waals surface area contributed by atoms with Crippen LogP contribution >= 0.6 is 27.3 Å². The molecule has 0 amide bonds. The molecule has 0 spiro atoms. The zero-order valence-corrected chi connectivity index (χ0v) is 24.9. The molecule has 0 fully saturated rings. The average Bonchev–Trinajstić information content (AvgIpc) is 3.26. The topological polar surface area (TPSA) is 79.1 Å². The summed E-state index contributed by atoms with van der Waals surface area (Å²) >= 11 is 4.76. The average molecular weight is 638 g/mol. The summed E-state index contributed by atoms with van der Waals surface area (Å²) in [5.74, 6) is 0.361. The third-order valence-electron chi connectivity index (χ3n) is 6.54. The number of allylic oxidation sites excluding steroid dienone is 1. The Morgan fingerprint density at radius 2 is 1.90 bits per heavy atom. The molecular weight excluding hydrogens is 611 g/mol. The van der Waals surface area contributed by atoms with E-state index in [9.17, 15) is 14.0 Å². The number of rotatable bonds is 8. The van der Waals surface area contributed by atoms with E-state index in [1.807, 2.05) is 24.3 Å². The molecule has 0 saturated heterocycles. The van der Waals surface area contributed by atoms with Crippen LogP contribution in [0.4, 0.5) is 4.39 Å². The van der Waals surface area contributed by atoms with Crippen LogP contribution in [0.2, 0.25) is 0 Å². The molecule has 0 bridgehead atoms. The van der Waals surface area contributed by atoms with Gasteiger partial charge < -0.3 is 14.2 Å². The van der Waals surface area contributed by atoms with Crippen molar-refractivity contribution in [3.63, 3.8) is 0 Å². The van der Waals surface area contributed by atoms with Crippen LogP contribution in [-0.4, -0.2) is 24.3 Å². The molecule has 3 aromatic carbocycles. The van der Waals surface area contributed by atoms with E-state index in [0.29, 0.717) is 47.7 Å². The maximum atomic E-state index is 13.9. The van der Waals surface area contributed by atoms with Crippen LogP contribution in [0, 0.1) is 5.82 Å². The number of esters is 1. The highest BCUT2D eigenvalue weighted by atomic mass is 79.9. The van der Waals surface area contributed by atoms with E-state index in [1.165, 1.54) is 22.0 Å². The van der Waals surface area contributed by atoms with Crippen molar-refractivity contribution >= 4 is 39.3 Å². The Balaban J connectivity index is 1.52. The lowest BCUT2D eigenvalue weighted by Crippen LogP contribution is -2.39. The van der Waals surface area contributed by atoms with E-state index in [4.69, 9.17) is 14.2 Å². The van der Waals surface area contributed by atoms with Crippen LogP contribution in [0.1, 0.15) is 36.6 Å². The summed E-state index contributed by atoms with van der Waals surface area (Å²) in [6.45, 7) is 3.78. The lowest BCUT2D eigenvalue weighted by atomic mass is 9.96. The van der Waals surface area contributed by atoms with Gasteiger partial charge in [-0.2, -0.15) is 0 Å². The van der Waals surface area contributed by atoms with E-state index in [0.717, 1.165) is 5.56 Å². The van der Waals surface area contributed by atoms with Gasteiger partial charge in [-0.1, -0.05) is 47.7 Å². The first-order valence-electron chi connectivity index (χ1n) is 12.8. The van der Waals surface area contributed by atoms with E-state index in [1.54, 1.807) is 63.4 Å². The highest BCUT2D eigenvalue weighted by molar-refractivity contribution is 9.10. The van der Waals surface area contributed by atoms with Gasteiger partial charge in [-0.25, -0.2) is 14.2 Å². The van der Waals surface area contributed by atoms with Crippen molar-refractivity contribution in [2.75, 3.05) is 13.7 Å². The van der Waals surface area contributed by atoms with Gasteiger partial charge in [-0.3, -0.25) is 9.36 Å². The molecule has 0 radical (unpaired) electrons. The van der Waals surface area contributed by atoms with Gasteiger partial charge in [0.25, 0.3) is 5.56 Å². The van der Waals surface area contributed by atoms with Crippen molar-refractivity contribution < 1.29 is 23.4 Å². The summed E-state index contributed by atoms with van der Waals surface area (Å²) in [6.07, 6.45) is 1.77. The molecule has 2 heterocycles. The molecule has 10 heteroatoms. The van der Waals surface area contributed by atoms with Crippen LogP contribution in [0.15, 0.2) is 92.3 Å². The van der Waals surface area contributed by atoms with Crippen molar-refractivity contribution in [2.45, 2.75) is 26.5 Å². The Labute approximate surface area is 248 Å². The number of thiazole rings is 1. The van der Waals surface area contributed by atoms with Gasteiger partial charge in [0.05, 0.1) is 40.0 Å². The normalized spacial score (nSPS) is 14.9. The van der Waals surface area contributed by atoms with Gasteiger partial charge in [0.15, 0.2) is 4.80 Å². The minimum atomic E-state index is -0.733. The van der Waals surface area contributed by atoms with E-state index < -0.39 is 12.0 Å². The predicted octanol–water partition coefficient (Wildman–Crippen LogP) is 5.29. The Morgan fingerprint density at radius 1 is 1.15 bits per heavy atom. The van der Waals surface area contributed by atoms with Crippen LogP contribution in [0.25, 0.3) is 6.08 Å². The van der Waals surface area contributed by atoms with Gasteiger partial charge in [0.1, 0.15) is 23.9 Å². The number of aromatic nitrogens is 1. The standard InChI is InChI=1S/C31H26BrFN2O5S/c1-4-39-30(37)27-18(2)34-31-35(28(27)20-11-14-25(38-3)23(32)16-20)29(36)26(41-31)15-19-9-12-22(13-10-19)40-17-21-7-5-6-8-24(21)33/h5-16,28H,4,17H2,1-3H3/b26-15+/t28-/m1/s1. The van der Waals surface area contributed by atoms with Crippen LogP contribution < -0.4 is 24.4 Å². The summed E-state index contributed by atoms with van der Waals surface area (Å²) in [6, 6.07) is 18.3. The van der Waals surface area contributed by atoms with Gasteiger partial charge in [-0.05, 0) is 77.3 Å². The smallest absolute Gasteiger partial charge is 0.338 e. The molecule has 0 N–H and O–H groups in total. The molecule has 1 aliphatic heterocycles. The maximum Gasteiger partial charge on any atom is 0.338 e. The number of ether oxygens (including phenoxy) is 3.